The second-order valence-electron chi connectivity index (χ2n) is 2.24. The maximum atomic E-state index is 4.80. The van der Waals surface area contributed by atoms with E-state index in [0.717, 1.165) is 0 Å². The number of benzene rings is 1. The molecule has 0 aliphatic heterocycles. The summed E-state index contributed by atoms with van der Waals surface area (Å²) in [5.74, 6) is 0. The van der Waals surface area contributed by atoms with Crippen LogP contribution in [0.2, 0.25) is 0 Å². The molecule has 0 heterocycles. The van der Waals surface area contributed by atoms with E-state index in [1.807, 2.05) is 12.1 Å². The summed E-state index contributed by atoms with van der Waals surface area (Å²) in [7, 11) is 0. The molecule has 2 heteroatoms. The Labute approximate surface area is 69.5 Å². The summed E-state index contributed by atoms with van der Waals surface area (Å²) in [6.07, 6.45) is 0. The van der Waals surface area contributed by atoms with Crippen molar-refractivity contribution in [3.63, 3.8) is 0 Å². The van der Waals surface area contributed by atoms with E-state index in [-0.39, 0.29) is 0 Å². The van der Waals surface area contributed by atoms with Gasteiger partial charge in [0.2, 0.25) is 0 Å². The number of halogens is 1. The number of hydrogen-bond acceptors (Lipinski definition) is 1. The van der Waals surface area contributed by atoms with E-state index in [1.165, 1.54) is 11.1 Å². The van der Waals surface area contributed by atoms with Gasteiger partial charge in [-0.3, -0.25) is 0 Å². The molecule has 0 aliphatic rings. The lowest BCUT2D eigenvalue weighted by Crippen LogP contribution is -1.83. The fraction of sp³-hybridized carbons (Fsp3) is 0.250. The molecule has 0 atom stereocenters. The van der Waals surface area contributed by atoms with E-state index in [0.29, 0.717) is 6.61 Å². The molecule has 0 aliphatic carbocycles. The lowest BCUT2D eigenvalue weighted by Gasteiger charge is -1.97. The van der Waals surface area contributed by atoms with E-state index >= 15 is 0 Å². The van der Waals surface area contributed by atoms with Crippen molar-refractivity contribution in [2.75, 3.05) is 0 Å². The maximum absolute atomic E-state index is 4.80. The molecule has 0 spiro atoms. The summed E-state index contributed by atoms with van der Waals surface area (Å²) < 4.78 is 4.80. The predicted octanol–water partition coefficient (Wildman–Crippen LogP) is 2.82. The van der Waals surface area contributed by atoms with E-state index in [2.05, 4.69) is 35.3 Å². The lowest BCUT2D eigenvalue weighted by molar-refractivity contribution is 0.387. The molecule has 0 amide bonds. The minimum atomic E-state index is 0.627. The van der Waals surface area contributed by atoms with E-state index in [4.69, 9.17) is 3.83 Å². The SMILES string of the molecule is Cc1cccc(COBr)c1. The average molecular weight is 201 g/mol. The van der Waals surface area contributed by atoms with Crippen molar-refractivity contribution in [2.24, 2.45) is 0 Å². The number of aryl methyl sites for hydroxylation is 1. The Balaban J connectivity index is 2.75. The molecule has 1 nitrogen and oxygen atoms in total. The molecule has 54 valence electrons. The minimum Gasteiger partial charge on any atom is -0.303 e. The fourth-order valence-electron chi connectivity index (χ4n) is 0.865. The summed E-state index contributed by atoms with van der Waals surface area (Å²) in [6, 6.07) is 8.23. The van der Waals surface area contributed by atoms with Crippen LogP contribution in [0.1, 0.15) is 11.1 Å². The fourth-order valence-corrected chi connectivity index (χ4v) is 1.13. The van der Waals surface area contributed by atoms with Gasteiger partial charge in [0, 0.05) is 0 Å². The van der Waals surface area contributed by atoms with Crippen LogP contribution in [0.3, 0.4) is 0 Å². The average Bonchev–Trinajstić information content (AvgIpc) is 1.88. The van der Waals surface area contributed by atoms with Gasteiger partial charge in [0.05, 0.1) is 22.9 Å². The van der Waals surface area contributed by atoms with Crippen molar-refractivity contribution in [2.45, 2.75) is 13.5 Å². The first kappa shape index (κ1) is 7.76. The summed E-state index contributed by atoms with van der Waals surface area (Å²) in [5, 5.41) is 0. The highest BCUT2D eigenvalue weighted by Crippen LogP contribution is 2.06. The van der Waals surface area contributed by atoms with E-state index < -0.39 is 0 Å². The van der Waals surface area contributed by atoms with Crippen LogP contribution in [0.5, 0.6) is 0 Å². The monoisotopic (exact) mass is 200 g/mol. The Hall–Kier alpha value is -0.340. The van der Waals surface area contributed by atoms with Crippen LogP contribution in [0.25, 0.3) is 0 Å². The summed E-state index contributed by atoms with van der Waals surface area (Å²) >= 11 is 2.91. The largest absolute Gasteiger partial charge is 0.303 e. The van der Waals surface area contributed by atoms with E-state index in [1.54, 1.807) is 0 Å². The summed E-state index contributed by atoms with van der Waals surface area (Å²) in [4.78, 5) is 0. The van der Waals surface area contributed by atoms with Crippen LogP contribution in [0.4, 0.5) is 0 Å². The second-order valence-corrected chi connectivity index (χ2v) is 2.70. The van der Waals surface area contributed by atoms with E-state index in [9.17, 15) is 0 Å². The molecule has 0 fully saturated rings. The van der Waals surface area contributed by atoms with Crippen LogP contribution < -0.4 is 0 Å². The van der Waals surface area contributed by atoms with Crippen molar-refractivity contribution < 1.29 is 3.83 Å². The smallest absolute Gasteiger partial charge is 0.0991 e. The molecule has 0 unspecified atom stereocenters. The zero-order valence-corrected chi connectivity index (χ0v) is 7.39. The molecule has 0 bridgehead atoms. The first-order valence-electron chi connectivity index (χ1n) is 3.12. The highest BCUT2D eigenvalue weighted by molar-refractivity contribution is 9.06. The van der Waals surface area contributed by atoms with Gasteiger partial charge < -0.3 is 3.83 Å². The van der Waals surface area contributed by atoms with Gasteiger partial charge in [-0.15, -0.1) is 0 Å². The van der Waals surface area contributed by atoms with Crippen LogP contribution in [-0.2, 0) is 10.4 Å². The van der Waals surface area contributed by atoms with Gasteiger partial charge in [-0.2, -0.15) is 0 Å². The zero-order valence-electron chi connectivity index (χ0n) is 5.80. The molecule has 1 rings (SSSR count). The Kier molecular flexibility index (Phi) is 2.90. The molecular weight excluding hydrogens is 192 g/mol. The third-order valence-corrected chi connectivity index (χ3v) is 1.53. The standard InChI is InChI=1S/C8H9BrO/c1-7-3-2-4-8(5-7)6-10-9/h2-5H,6H2,1H3. The normalized spacial score (nSPS) is 9.80. The predicted molar refractivity (Wildman–Crippen MR) is 44.9 cm³/mol. The van der Waals surface area contributed by atoms with Gasteiger partial charge in [-0.25, -0.2) is 0 Å². The molecular formula is C8H9BrO. The molecule has 1 aromatic carbocycles. The molecule has 0 N–H and O–H groups in total. The van der Waals surface area contributed by atoms with Crippen molar-refractivity contribution in [1.29, 1.82) is 0 Å². The van der Waals surface area contributed by atoms with Crippen molar-refractivity contribution in [3.8, 4) is 0 Å². The van der Waals surface area contributed by atoms with Crippen LogP contribution in [-0.4, -0.2) is 0 Å². The van der Waals surface area contributed by atoms with Crippen molar-refractivity contribution >= 4 is 16.3 Å². The van der Waals surface area contributed by atoms with Crippen LogP contribution >= 0.6 is 16.3 Å². The molecule has 0 saturated carbocycles. The van der Waals surface area contributed by atoms with Gasteiger partial charge in [-0.05, 0) is 12.5 Å². The van der Waals surface area contributed by atoms with Crippen LogP contribution in [0, 0.1) is 6.92 Å². The third kappa shape index (κ3) is 2.12. The molecule has 0 saturated heterocycles. The second kappa shape index (κ2) is 3.74. The van der Waals surface area contributed by atoms with Gasteiger partial charge in [0.15, 0.2) is 0 Å². The summed E-state index contributed by atoms with van der Waals surface area (Å²) in [5.41, 5.74) is 2.46. The Bertz CT molecular complexity index is 210. The first-order valence-corrected chi connectivity index (χ1v) is 3.77. The quantitative estimate of drug-likeness (QED) is 0.714. The third-order valence-electron chi connectivity index (χ3n) is 1.30. The van der Waals surface area contributed by atoms with Gasteiger partial charge in [0.25, 0.3) is 0 Å². The lowest BCUT2D eigenvalue weighted by atomic mass is 10.1. The minimum absolute atomic E-state index is 0.627. The first-order chi connectivity index (χ1) is 4.83. The Morgan fingerprint density at radius 1 is 1.50 bits per heavy atom. The topological polar surface area (TPSA) is 9.23 Å². The number of hydrogen-bond donors (Lipinski definition) is 0. The van der Waals surface area contributed by atoms with Gasteiger partial charge >= 0.3 is 0 Å². The summed E-state index contributed by atoms with van der Waals surface area (Å²) in [6.45, 7) is 2.69. The molecule has 0 radical (unpaired) electrons. The molecule has 0 aromatic heterocycles. The molecule has 10 heavy (non-hydrogen) atoms. The highest BCUT2D eigenvalue weighted by Gasteiger charge is 1.90. The molecule has 1 aromatic rings. The van der Waals surface area contributed by atoms with Crippen molar-refractivity contribution in [1.82, 2.24) is 0 Å². The van der Waals surface area contributed by atoms with Crippen molar-refractivity contribution in [3.05, 3.63) is 35.4 Å². The number of rotatable bonds is 2. The Morgan fingerprint density at radius 2 is 2.30 bits per heavy atom. The van der Waals surface area contributed by atoms with Crippen LogP contribution in [0.15, 0.2) is 24.3 Å². The van der Waals surface area contributed by atoms with Gasteiger partial charge in [0.1, 0.15) is 0 Å². The maximum Gasteiger partial charge on any atom is 0.0991 e. The zero-order chi connectivity index (χ0) is 7.40. The van der Waals surface area contributed by atoms with Gasteiger partial charge in [-0.1, -0.05) is 29.8 Å². The Morgan fingerprint density at radius 3 is 2.90 bits per heavy atom. The highest BCUT2D eigenvalue weighted by atomic mass is 79.9.